The van der Waals surface area contributed by atoms with Crippen LogP contribution >= 0.6 is 11.3 Å². The molecule has 4 rings (SSSR count). The van der Waals surface area contributed by atoms with E-state index in [1.54, 1.807) is 39.1 Å². The number of methoxy groups -OCH3 is 1. The first-order chi connectivity index (χ1) is 20.7. The predicted molar refractivity (Wildman–Crippen MR) is 162 cm³/mol. The van der Waals surface area contributed by atoms with Gasteiger partial charge in [-0.15, -0.1) is 0 Å². The number of thiazole rings is 1. The summed E-state index contributed by atoms with van der Waals surface area (Å²) in [6.07, 6.45) is 2.70. The number of esters is 1. The summed E-state index contributed by atoms with van der Waals surface area (Å²) in [5.74, 6) is -2.69. The van der Waals surface area contributed by atoms with Gasteiger partial charge in [0.2, 0.25) is 6.41 Å². The lowest BCUT2D eigenvalue weighted by Gasteiger charge is -2.29. The van der Waals surface area contributed by atoms with Crippen LogP contribution in [0.2, 0.25) is 0 Å². The second kappa shape index (κ2) is 13.6. The maximum absolute atomic E-state index is 13.6. The minimum Gasteiger partial charge on any atom is -0.496 e. The van der Waals surface area contributed by atoms with Crippen LogP contribution in [0.3, 0.4) is 0 Å². The zero-order valence-electron chi connectivity index (χ0n) is 24.8. The molecule has 3 N–H and O–H groups in total. The molecular weight excluding hydrogens is 618 g/mol. The number of rotatable bonds is 14. The molecule has 0 radical (unpaired) electrons. The molecule has 0 saturated carbocycles. The number of nitrogens with two attached hydrogens (primary N) is 1. The van der Waals surface area contributed by atoms with Crippen molar-refractivity contribution in [1.82, 2.24) is 19.6 Å². The third kappa shape index (κ3) is 7.90. The summed E-state index contributed by atoms with van der Waals surface area (Å²) < 4.78 is 66.7. The van der Waals surface area contributed by atoms with Gasteiger partial charge in [-0.1, -0.05) is 11.3 Å². The lowest BCUT2D eigenvalue weighted by Crippen LogP contribution is -2.45. The highest BCUT2D eigenvalue weighted by atomic mass is 32.2. The van der Waals surface area contributed by atoms with Crippen molar-refractivity contribution in [1.29, 1.82) is 0 Å². The second-order valence-corrected chi connectivity index (χ2v) is 13.9. The molecular formula is C28H36F2N6O6S2. The van der Waals surface area contributed by atoms with E-state index in [2.05, 4.69) is 14.7 Å². The maximum Gasteiger partial charge on any atom is 0.329 e. The van der Waals surface area contributed by atoms with Crippen LogP contribution < -0.4 is 20.1 Å². The number of carbonyl (C=O) groups excluding carboxylic acids is 2. The summed E-state index contributed by atoms with van der Waals surface area (Å²) in [5, 5.41) is 1.65. The number of fused-ring (bicyclic) bond motifs is 1. The van der Waals surface area contributed by atoms with Crippen molar-refractivity contribution in [3.8, 4) is 5.75 Å². The predicted octanol–water partition coefficient (Wildman–Crippen LogP) is 3.21. The number of nitrogens with zero attached hydrogens (tertiary/aromatic N) is 4. The van der Waals surface area contributed by atoms with Gasteiger partial charge in [0.25, 0.3) is 15.9 Å². The van der Waals surface area contributed by atoms with E-state index >= 15 is 0 Å². The molecule has 16 heteroatoms. The molecule has 240 valence electrons. The Hall–Kier alpha value is -3.63. The van der Waals surface area contributed by atoms with Crippen molar-refractivity contribution in [2.45, 2.75) is 68.4 Å². The molecule has 3 aromatic rings. The Morgan fingerprint density at radius 3 is 2.68 bits per heavy atom. The van der Waals surface area contributed by atoms with Gasteiger partial charge in [0, 0.05) is 43.6 Å². The largest absolute Gasteiger partial charge is 0.496 e. The summed E-state index contributed by atoms with van der Waals surface area (Å²) >= 11 is 0.809. The van der Waals surface area contributed by atoms with E-state index in [9.17, 15) is 26.8 Å². The highest BCUT2D eigenvalue weighted by molar-refractivity contribution is 7.91. The molecule has 0 spiro atoms. The van der Waals surface area contributed by atoms with Crippen LogP contribution in [0.25, 0.3) is 10.8 Å². The standard InChI is InChI=1S/C28H36F2N6O6S2/c1-17(2)42-26(38)22(12-20-11-19-5-8-32-25(31)21(19)13-23(20)41-4)36(16-37)9-6-18(3)34-44(39,40)24-14-33-27(43-24)35-10-7-28(29,30)15-35/h5,8,11,13-14,16-18,22,34H,6-7,9-10,12,15H2,1-4H3,(H2,31,32). The normalized spacial score (nSPS) is 16.2. The van der Waals surface area contributed by atoms with E-state index < -0.39 is 46.6 Å². The number of halogens is 2. The number of aromatic nitrogens is 2. The van der Waals surface area contributed by atoms with Gasteiger partial charge in [0.1, 0.15) is 17.6 Å². The van der Waals surface area contributed by atoms with Crippen LogP contribution in [-0.4, -0.2) is 86.5 Å². The average Bonchev–Trinajstić information content (AvgIpc) is 3.59. The van der Waals surface area contributed by atoms with E-state index in [0.717, 1.165) is 22.9 Å². The van der Waals surface area contributed by atoms with Gasteiger partial charge in [-0.05, 0) is 56.3 Å². The van der Waals surface area contributed by atoms with E-state index in [1.807, 2.05) is 6.07 Å². The Morgan fingerprint density at radius 2 is 2.05 bits per heavy atom. The van der Waals surface area contributed by atoms with E-state index in [1.165, 1.54) is 16.9 Å². The molecule has 1 fully saturated rings. The quantitative estimate of drug-likeness (QED) is 0.195. The molecule has 2 unspecified atom stereocenters. The fraction of sp³-hybridized carbons (Fsp3) is 0.500. The number of carbonyl (C=O) groups is 2. The van der Waals surface area contributed by atoms with Crippen molar-refractivity contribution in [2.75, 3.05) is 37.4 Å². The number of nitrogen functional groups attached to an aromatic ring is 1. The smallest absolute Gasteiger partial charge is 0.329 e. The fourth-order valence-electron chi connectivity index (χ4n) is 4.90. The molecule has 44 heavy (non-hydrogen) atoms. The van der Waals surface area contributed by atoms with Crippen LogP contribution in [0.1, 0.15) is 39.2 Å². The first kappa shape index (κ1) is 33.3. The number of ether oxygens (including phenoxy) is 2. The Labute approximate surface area is 258 Å². The Kier molecular flexibility index (Phi) is 10.3. The van der Waals surface area contributed by atoms with E-state index in [-0.39, 0.29) is 41.7 Å². The van der Waals surface area contributed by atoms with Crippen LogP contribution in [0.4, 0.5) is 19.7 Å². The molecule has 2 aromatic heterocycles. The highest BCUT2D eigenvalue weighted by Crippen LogP contribution is 2.34. The molecule has 0 aliphatic carbocycles. The first-order valence-corrected chi connectivity index (χ1v) is 16.3. The molecule has 3 heterocycles. The van der Waals surface area contributed by atoms with Crippen LogP contribution in [-0.2, 0) is 30.8 Å². The Morgan fingerprint density at radius 1 is 1.30 bits per heavy atom. The number of anilines is 2. The number of alkyl halides is 2. The molecule has 12 nitrogen and oxygen atoms in total. The third-order valence-corrected chi connectivity index (χ3v) is 10.2. The summed E-state index contributed by atoms with van der Waals surface area (Å²) in [7, 11) is -2.54. The summed E-state index contributed by atoms with van der Waals surface area (Å²) in [6, 6.07) is 3.62. The average molecular weight is 655 g/mol. The van der Waals surface area contributed by atoms with Gasteiger partial charge in [-0.25, -0.2) is 36.7 Å². The van der Waals surface area contributed by atoms with Crippen molar-refractivity contribution >= 4 is 55.5 Å². The van der Waals surface area contributed by atoms with Gasteiger partial charge >= 0.3 is 5.97 Å². The zero-order valence-corrected chi connectivity index (χ0v) is 26.5. The van der Waals surface area contributed by atoms with E-state index in [0.29, 0.717) is 28.9 Å². The summed E-state index contributed by atoms with van der Waals surface area (Å²) in [5.41, 5.74) is 6.65. The number of hydrogen-bond acceptors (Lipinski definition) is 11. The van der Waals surface area contributed by atoms with Crippen LogP contribution in [0.15, 0.2) is 34.8 Å². The zero-order chi connectivity index (χ0) is 32.2. The minimum absolute atomic E-state index is 0.0224. The number of sulfonamides is 1. The van der Waals surface area contributed by atoms with Crippen molar-refractivity contribution in [3.05, 3.63) is 36.2 Å². The SMILES string of the molecule is COc1cc2c(N)nccc2cc1CC(C(=O)OC(C)C)N(C=O)CCC(C)NS(=O)(=O)c1cnc(N2CCC(F)(F)C2)s1. The second-order valence-electron chi connectivity index (χ2n) is 10.9. The minimum atomic E-state index is -4.02. The lowest BCUT2D eigenvalue weighted by molar-refractivity contribution is -0.156. The number of hydrogen-bond donors (Lipinski definition) is 2. The highest BCUT2D eigenvalue weighted by Gasteiger charge is 2.39. The van der Waals surface area contributed by atoms with Gasteiger partial charge < -0.3 is 25.0 Å². The molecule has 1 aromatic carbocycles. The number of nitrogens with one attached hydrogen (secondary N) is 1. The topological polar surface area (TPSA) is 157 Å². The molecule has 1 amide bonds. The maximum atomic E-state index is 13.6. The van der Waals surface area contributed by atoms with Gasteiger partial charge in [0.15, 0.2) is 9.34 Å². The van der Waals surface area contributed by atoms with Crippen LogP contribution in [0.5, 0.6) is 5.75 Å². The van der Waals surface area contributed by atoms with Gasteiger partial charge in [0.05, 0.1) is 26.0 Å². The summed E-state index contributed by atoms with van der Waals surface area (Å²) in [4.78, 5) is 36.3. The molecule has 1 aliphatic rings. The molecule has 2 atom stereocenters. The third-order valence-electron chi connectivity index (χ3n) is 7.12. The van der Waals surface area contributed by atoms with Crippen molar-refractivity contribution < 1.29 is 36.3 Å². The number of amides is 1. The molecule has 1 aliphatic heterocycles. The number of benzene rings is 1. The van der Waals surface area contributed by atoms with E-state index in [4.69, 9.17) is 15.2 Å². The monoisotopic (exact) mass is 654 g/mol. The fourth-order valence-corrected chi connectivity index (χ4v) is 7.34. The van der Waals surface area contributed by atoms with Gasteiger partial charge in [-0.3, -0.25) is 4.79 Å². The molecule has 0 bridgehead atoms. The first-order valence-electron chi connectivity index (χ1n) is 14.0. The Balaban J connectivity index is 1.48. The Bertz CT molecular complexity index is 1600. The van der Waals surface area contributed by atoms with Crippen LogP contribution in [0, 0.1) is 0 Å². The summed E-state index contributed by atoms with van der Waals surface area (Å²) in [6.45, 7) is 4.61. The molecule has 1 saturated heterocycles. The number of pyridine rings is 1. The van der Waals surface area contributed by atoms with Crippen molar-refractivity contribution in [3.63, 3.8) is 0 Å². The van der Waals surface area contributed by atoms with Gasteiger partial charge in [-0.2, -0.15) is 0 Å². The lowest BCUT2D eigenvalue weighted by atomic mass is 9.99. The van der Waals surface area contributed by atoms with Crippen molar-refractivity contribution in [2.24, 2.45) is 0 Å².